The fourth-order valence-electron chi connectivity index (χ4n) is 7.36. The molecule has 4 rings (SSSR count). The first-order valence-electron chi connectivity index (χ1n) is 16.6. The average Bonchev–Trinajstić information content (AvgIpc) is 3.40. The van der Waals surface area contributed by atoms with Crippen LogP contribution in [0.15, 0.2) is 54.4 Å². The molecule has 0 bridgehead atoms. The number of benzene rings is 2. The number of allylic oxidation sites excluding steroid dienone is 2. The molecule has 1 aromatic heterocycles. The van der Waals surface area contributed by atoms with E-state index in [0.29, 0.717) is 23.7 Å². The van der Waals surface area contributed by atoms with Crippen molar-refractivity contribution < 1.29 is 30.0 Å². The van der Waals surface area contributed by atoms with Gasteiger partial charge in [0.05, 0.1) is 5.76 Å². The molecule has 4 heteroatoms. The number of carbonyl (C=O) groups is 1. The van der Waals surface area contributed by atoms with E-state index >= 15 is 0 Å². The van der Waals surface area contributed by atoms with Gasteiger partial charge in [-0.2, -0.15) is 0 Å². The minimum absolute atomic E-state index is 0. The molecule has 1 radical (unpaired) electrons. The summed E-state index contributed by atoms with van der Waals surface area (Å²) in [5.74, 6) is 2.51. The van der Waals surface area contributed by atoms with Gasteiger partial charge in [-0.25, -0.2) is 0 Å². The summed E-state index contributed by atoms with van der Waals surface area (Å²) in [5.41, 5.74) is 6.05. The Morgan fingerprint density at radius 3 is 2.02 bits per heavy atom. The molecule has 1 N–H and O–H groups in total. The smallest absolute Gasteiger partial charge is 0.162 e. The topological polar surface area (TPSA) is 50.2 Å². The second kappa shape index (κ2) is 17.4. The Morgan fingerprint density at radius 1 is 0.886 bits per heavy atom. The number of aliphatic hydroxyl groups excluding tert-OH is 1. The van der Waals surface area contributed by atoms with Gasteiger partial charge in [-0.1, -0.05) is 113 Å². The van der Waals surface area contributed by atoms with E-state index in [9.17, 15) is 9.90 Å². The molecule has 44 heavy (non-hydrogen) atoms. The van der Waals surface area contributed by atoms with Gasteiger partial charge in [-0.3, -0.25) is 4.79 Å². The number of pyridine rings is 1. The number of hydrogen-bond donors (Lipinski definition) is 1. The van der Waals surface area contributed by atoms with Crippen LogP contribution in [0.4, 0.5) is 0 Å². The molecule has 1 fully saturated rings. The van der Waals surface area contributed by atoms with Crippen molar-refractivity contribution in [1.82, 2.24) is 4.98 Å². The van der Waals surface area contributed by atoms with E-state index in [1.165, 1.54) is 65.6 Å². The molecule has 0 amide bonds. The van der Waals surface area contributed by atoms with Crippen molar-refractivity contribution in [3.8, 4) is 11.3 Å². The molecule has 1 aliphatic carbocycles. The van der Waals surface area contributed by atoms with Crippen LogP contribution >= 0.6 is 0 Å². The molecule has 0 unspecified atom stereocenters. The number of aliphatic hydroxyl groups is 1. The summed E-state index contributed by atoms with van der Waals surface area (Å²) in [5, 5.41) is 12.8. The summed E-state index contributed by atoms with van der Waals surface area (Å²) in [6, 6.07) is 16.9. The first-order valence-corrected chi connectivity index (χ1v) is 16.6. The van der Waals surface area contributed by atoms with Gasteiger partial charge in [-0.15, -0.1) is 34.9 Å². The van der Waals surface area contributed by atoms with Crippen molar-refractivity contribution in [3.63, 3.8) is 0 Å². The fraction of sp³-hybridized carbons (Fsp3) is 0.550. The molecule has 243 valence electrons. The predicted octanol–water partition coefficient (Wildman–Crippen LogP) is 10.9. The molecule has 2 aromatic carbocycles. The summed E-state index contributed by atoms with van der Waals surface area (Å²) in [7, 11) is 0. The van der Waals surface area contributed by atoms with E-state index in [1.807, 2.05) is 6.20 Å². The first-order chi connectivity index (χ1) is 20.3. The number of rotatable bonds is 10. The van der Waals surface area contributed by atoms with Crippen LogP contribution in [-0.2, 0) is 31.3 Å². The fourth-order valence-corrected chi connectivity index (χ4v) is 7.36. The van der Waals surface area contributed by atoms with Gasteiger partial charge in [0, 0.05) is 44.2 Å². The van der Waals surface area contributed by atoms with E-state index in [-0.39, 0.29) is 43.5 Å². The SMILES string of the molecule is CC(C)C(C(=O)/C=C(\O)C(C(C)C)C(C)C)C(C)C.Cc1[c-]c(-c2nccc3cc(CC4CCCC4)ccc23)cc(C)c1.[Ir]. The zero-order chi connectivity index (χ0) is 31.8. The molecule has 1 heterocycles. The van der Waals surface area contributed by atoms with Crippen LogP contribution in [0, 0.1) is 61.3 Å². The summed E-state index contributed by atoms with van der Waals surface area (Å²) in [6.45, 7) is 20.8. The molecule has 3 aromatic rings. The first kappa shape index (κ1) is 37.9. The minimum atomic E-state index is -0.0119. The molecular formula is C40H56IrNO2-. The van der Waals surface area contributed by atoms with Crippen LogP contribution in [0.5, 0.6) is 0 Å². The number of fused-ring (bicyclic) bond motifs is 1. The number of hydrogen-bond acceptors (Lipinski definition) is 3. The number of ketones is 1. The third-order valence-corrected chi connectivity index (χ3v) is 9.06. The number of nitrogens with zero attached hydrogens (tertiary/aromatic N) is 1. The van der Waals surface area contributed by atoms with Crippen LogP contribution in [-0.4, -0.2) is 15.9 Å². The van der Waals surface area contributed by atoms with Gasteiger partial charge >= 0.3 is 0 Å². The third kappa shape index (κ3) is 10.4. The zero-order valence-corrected chi connectivity index (χ0v) is 31.2. The van der Waals surface area contributed by atoms with Gasteiger partial charge < -0.3 is 10.1 Å². The van der Waals surface area contributed by atoms with E-state index in [1.54, 1.807) is 0 Å². The summed E-state index contributed by atoms with van der Waals surface area (Å²) < 4.78 is 0. The standard InChI is InChI=1S/C23H24N.C17H32O2.Ir/c1-16-11-17(2)13-21(12-16)23-22-8-7-19(14-18-5-3-4-6-18)15-20(22)9-10-24-23;1-10(2)16(11(3)4)14(18)9-15(19)17(12(5)6)13(7)8;/h7-12,15,18H,3-6,14H2,1-2H3;9-13,16-18H,1-8H3;/q-1;;/b;14-9-;. The number of aromatic nitrogens is 1. The molecule has 0 saturated heterocycles. The molecule has 1 aliphatic rings. The van der Waals surface area contributed by atoms with Crippen LogP contribution in [0.1, 0.15) is 97.8 Å². The normalized spacial score (nSPS) is 14.2. The van der Waals surface area contributed by atoms with Gasteiger partial charge in [0.25, 0.3) is 0 Å². The Balaban J connectivity index is 0.000000310. The molecule has 1 saturated carbocycles. The second-order valence-electron chi connectivity index (χ2n) is 14.3. The molecule has 3 nitrogen and oxygen atoms in total. The van der Waals surface area contributed by atoms with Gasteiger partial charge in [0.2, 0.25) is 0 Å². The van der Waals surface area contributed by atoms with Crippen LogP contribution < -0.4 is 0 Å². The van der Waals surface area contributed by atoms with Crippen molar-refractivity contribution >= 4 is 16.6 Å². The third-order valence-electron chi connectivity index (χ3n) is 9.06. The molecular weight excluding hydrogens is 719 g/mol. The monoisotopic (exact) mass is 775 g/mol. The molecule has 0 atom stereocenters. The Hall–Kier alpha value is -2.29. The van der Waals surface area contributed by atoms with Gasteiger partial charge in [0.15, 0.2) is 5.78 Å². The zero-order valence-electron chi connectivity index (χ0n) is 28.8. The van der Waals surface area contributed by atoms with Crippen molar-refractivity contribution in [2.75, 3.05) is 0 Å². The minimum Gasteiger partial charge on any atom is -0.512 e. The van der Waals surface area contributed by atoms with Crippen molar-refractivity contribution in [2.24, 2.45) is 41.4 Å². The van der Waals surface area contributed by atoms with Gasteiger partial charge in [-0.05, 0) is 64.1 Å². The van der Waals surface area contributed by atoms with Crippen LogP contribution in [0.25, 0.3) is 22.0 Å². The van der Waals surface area contributed by atoms with E-state index in [2.05, 4.69) is 117 Å². The summed E-state index contributed by atoms with van der Waals surface area (Å²) >= 11 is 0. The van der Waals surface area contributed by atoms with Crippen molar-refractivity contribution in [3.05, 3.63) is 77.2 Å². The molecule has 0 aliphatic heterocycles. The largest absolute Gasteiger partial charge is 0.512 e. The van der Waals surface area contributed by atoms with Crippen molar-refractivity contribution in [1.29, 1.82) is 0 Å². The number of carbonyl (C=O) groups excluding carboxylic acids is 1. The maximum Gasteiger partial charge on any atom is 0.162 e. The van der Waals surface area contributed by atoms with Crippen LogP contribution in [0.3, 0.4) is 0 Å². The maximum absolute atomic E-state index is 12.3. The Kier molecular flexibility index (Phi) is 15.0. The summed E-state index contributed by atoms with van der Waals surface area (Å²) in [4.78, 5) is 17.0. The summed E-state index contributed by atoms with van der Waals surface area (Å²) in [6.07, 6.45) is 10.3. The van der Waals surface area contributed by atoms with Crippen LogP contribution in [0.2, 0.25) is 0 Å². The Labute approximate surface area is 281 Å². The average molecular weight is 775 g/mol. The van der Waals surface area contributed by atoms with E-state index in [4.69, 9.17) is 0 Å². The van der Waals surface area contributed by atoms with E-state index < -0.39 is 0 Å². The second-order valence-corrected chi connectivity index (χ2v) is 14.3. The Morgan fingerprint density at radius 2 is 1.48 bits per heavy atom. The Bertz CT molecular complexity index is 1350. The quantitative estimate of drug-likeness (QED) is 0.127. The van der Waals surface area contributed by atoms with Crippen molar-refractivity contribution in [2.45, 2.75) is 101 Å². The maximum atomic E-state index is 12.3. The van der Waals surface area contributed by atoms with Gasteiger partial charge in [0.1, 0.15) is 0 Å². The predicted molar refractivity (Wildman–Crippen MR) is 183 cm³/mol. The molecule has 0 spiro atoms. The van der Waals surface area contributed by atoms with E-state index in [0.717, 1.165) is 17.2 Å². The number of aryl methyl sites for hydroxylation is 2.